The highest BCUT2D eigenvalue weighted by Gasteiger charge is 2.14. The molecule has 6 nitrogen and oxygen atoms in total. The Morgan fingerprint density at radius 2 is 1.67 bits per heavy atom. The molecule has 0 unspecified atom stereocenters. The van der Waals surface area contributed by atoms with Gasteiger partial charge in [-0.3, -0.25) is 19.3 Å². The molecule has 4 heterocycles. The van der Waals surface area contributed by atoms with Crippen LogP contribution in [0, 0.1) is 13.8 Å². The van der Waals surface area contributed by atoms with Crippen LogP contribution in [0.25, 0.3) is 38.9 Å². The second-order valence-corrected chi connectivity index (χ2v) is 7.28. The number of nitrogens with zero attached hydrogens (tertiary/aromatic N) is 5. The summed E-state index contributed by atoms with van der Waals surface area (Å²) in [4.78, 5) is 21.6. The fraction of sp³-hybridized carbons (Fsp3) is 0.167. The number of benzene rings is 1. The Kier molecular flexibility index (Phi) is 4.70. The van der Waals surface area contributed by atoms with Gasteiger partial charge in [0.15, 0.2) is 0 Å². The van der Waals surface area contributed by atoms with Crippen molar-refractivity contribution in [1.82, 2.24) is 24.1 Å². The van der Waals surface area contributed by atoms with Crippen LogP contribution < -0.4 is 5.56 Å². The molecule has 5 aromatic rings. The second kappa shape index (κ2) is 7.22. The van der Waals surface area contributed by atoms with E-state index in [1.165, 1.54) is 0 Å². The fourth-order valence-corrected chi connectivity index (χ4v) is 3.80. The third-order valence-electron chi connectivity index (χ3n) is 5.17. The highest BCUT2D eigenvalue weighted by molar-refractivity contribution is 5.86. The van der Waals surface area contributed by atoms with Gasteiger partial charge < -0.3 is 0 Å². The van der Waals surface area contributed by atoms with E-state index in [-0.39, 0.29) is 13.0 Å². The number of aromatic nitrogens is 5. The standard InChI is InChI=1S/C23H19N5O.CH4/c1-14-9-18(10-15(2)25-14)20-12-22-27(3)23(29)19-7-6-16(11-21(19)28(22)26-20)17-5-4-8-24-13-17;/h4-13H,1-3H3;1H4. The Bertz CT molecular complexity index is 1430. The normalized spacial score (nSPS) is 11.0. The molecule has 0 saturated carbocycles. The van der Waals surface area contributed by atoms with Gasteiger partial charge in [-0.25, -0.2) is 4.52 Å². The molecule has 0 radical (unpaired) electrons. The van der Waals surface area contributed by atoms with Crippen LogP contribution in [-0.4, -0.2) is 24.1 Å². The summed E-state index contributed by atoms with van der Waals surface area (Å²) in [7, 11) is 1.78. The average Bonchev–Trinajstić information content (AvgIpc) is 3.17. The number of rotatable bonds is 2. The van der Waals surface area contributed by atoms with Crippen molar-refractivity contribution in [2.24, 2.45) is 7.05 Å². The molecule has 0 atom stereocenters. The molecule has 0 spiro atoms. The molecule has 6 heteroatoms. The van der Waals surface area contributed by atoms with Crippen LogP contribution in [0.4, 0.5) is 0 Å². The first-order valence-electron chi connectivity index (χ1n) is 9.40. The van der Waals surface area contributed by atoms with Gasteiger partial charge in [0.1, 0.15) is 5.65 Å². The summed E-state index contributed by atoms with van der Waals surface area (Å²) in [6, 6.07) is 15.7. The van der Waals surface area contributed by atoms with Crippen molar-refractivity contribution in [2.45, 2.75) is 21.3 Å². The molecule has 1 aromatic carbocycles. The lowest BCUT2D eigenvalue weighted by Gasteiger charge is -2.08. The van der Waals surface area contributed by atoms with E-state index in [0.29, 0.717) is 5.39 Å². The summed E-state index contributed by atoms with van der Waals surface area (Å²) in [6.45, 7) is 3.94. The molecule has 150 valence electrons. The van der Waals surface area contributed by atoms with E-state index in [9.17, 15) is 4.79 Å². The van der Waals surface area contributed by atoms with E-state index < -0.39 is 0 Å². The van der Waals surface area contributed by atoms with Crippen molar-refractivity contribution < 1.29 is 0 Å². The maximum atomic E-state index is 12.9. The van der Waals surface area contributed by atoms with Crippen LogP contribution in [0.2, 0.25) is 0 Å². The number of pyridine rings is 2. The highest BCUT2D eigenvalue weighted by atomic mass is 16.1. The first-order valence-corrected chi connectivity index (χ1v) is 9.40. The summed E-state index contributed by atoms with van der Waals surface area (Å²) in [5.41, 5.74) is 7.15. The highest BCUT2D eigenvalue weighted by Crippen LogP contribution is 2.26. The van der Waals surface area contributed by atoms with Crippen LogP contribution in [0.15, 0.2) is 65.7 Å². The van der Waals surface area contributed by atoms with Gasteiger partial charge in [-0.1, -0.05) is 19.6 Å². The predicted molar refractivity (Wildman–Crippen MR) is 121 cm³/mol. The van der Waals surface area contributed by atoms with Crippen molar-refractivity contribution in [3.8, 4) is 22.4 Å². The average molecular weight is 397 g/mol. The molecule has 0 fully saturated rings. The zero-order valence-electron chi connectivity index (χ0n) is 16.4. The number of hydrogen-bond acceptors (Lipinski definition) is 4. The Balaban J connectivity index is 0.00000218. The van der Waals surface area contributed by atoms with Gasteiger partial charge in [0.2, 0.25) is 0 Å². The van der Waals surface area contributed by atoms with Gasteiger partial charge in [0.05, 0.1) is 16.6 Å². The first kappa shape index (κ1) is 19.5. The minimum atomic E-state index is -0.0428. The van der Waals surface area contributed by atoms with Crippen LogP contribution in [0.3, 0.4) is 0 Å². The van der Waals surface area contributed by atoms with E-state index in [1.807, 2.05) is 73.1 Å². The van der Waals surface area contributed by atoms with Crippen LogP contribution >= 0.6 is 0 Å². The molecule has 0 aliphatic rings. The van der Waals surface area contributed by atoms with E-state index >= 15 is 0 Å². The largest absolute Gasteiger partial charge is 0.296 e. The molecular formula is C24H23N5O. The monoisotopic (exact) mass is 397 g/mol. The minimum Gasteiger partial charge on any atom is -0.296 e. The summed E-state index contributed by atoms with van der Waals surface area (Å²) in [6.07, 6.45) is 3.56. The van der Waals surface area contributed by atoms with Crippen LogP contribution in [0.5, 0.6) is 0 Å². The minimum absolute atomic E-state index is 0. The lowest BCUT2D eigenvalue weighted by Crippen LogP contribution is -2.19. The summed E-state index contributed by atoms with van der Waals surface area (Å²) < 4.78 is 3.49. The van der Waals surface area contributed by atoms with Crippen molar-refractivity contribution in [3.05, 3.63) is 82.7 Å². The van der Waals surface area contributed by atoms with Gasteiger partial charge >= 0.3 is 0 Å². The molecule has 0 N–H and O–H groups in total. The first-order chi connectivity index (χ1) is 14.0. The Morgan fingerprint density at radius 3 is 2.37 bits per heavy atom. The van der Waals surface area contributed by atoms with Gasteiger partial charge in [-0.15, -0.1) is 0 Å². The van der Waals surface area contributed by atoms with Gasteiger partial charge in [0.25, 0.3) is 5.56 Å². The maximum Gasteiger partial charge on any atom is 0.261 e. The van der Waals surface area contributed by atoms with E-state index in [1.54, 1.807) is 17.8 Å². The lowest BCUT2D eigenvalue weighted by molar-refractivity contribution is 0.850. The SMILES string of the molecule is C.Cc1cc(-c2cc3n(C)c(=O)c4ccc(-c5cccnc5)cc4n3n2)cc(C)n1. The molecule has 0 amide bonds. The van der Waals surface area contributed by atoms with E-state index in [0.717, 1.165) is 44.9 Å². The van der Waals surface area contributed by atoms with Crippen LogP contribution in [0.1, 0.15) is 18.8 Å². The summed E-state index contributed by atoms with van der Waals surface area (Å²) >= 11 is 0. The third-order valence-corrected chi connectivity index (χ3v) is 5.17. The molecule has 4 aromatic heterocycles. The quantitative estimate of drug-likeness (QED) is 0.438. The third kappa shape index (κ3) is 3.06. The number of fused-ring (bicyclic) bond motifs is 3. The van der Waals surface area contributed by atoms with Crippen molar-refractivity contribution in [1.29, 1.82) is 0 Å². The fourth-order valence-electron chi connectivity index (χ4n) is 3.80. The molecule has 0 aliphatic carbocycles. The topological polar surface area (TPSA) is 65.1 Å². The number of hydrogen-bond donors (Lipinski definition) is 0. The smallest absolute Gasteiger partial charge is 0.261 e. The van der Waals surface area contributed by atoms with Crippen molar-refractivity contribution in [2.75, 3.05) is 0 Å². The predicted octanol–water partition coefficient (Wildman–Crippen LogP) is 4.56. The zero-order valence-corrected chi connectivity index (χ0v) is 16.4. The van der Waals surface area contributed by atoms with Gasteiger partial charge in [-0.05, 0) is 49.7 Å². The molecular weight excluding hydrogens is 374 g/mol. The second-order valence-electron chi connectivity index (χ2n) is 7.28. The van der Waals surface area contributed by atoms with Crippen molar-refractivity contribution in [3.63, 3.8) is 0 Å². The Morgan fingerprint density at radius 1 is 0.900 bits per heavy atom. The number of aryl methyl sites for hydroxylation is 3. The zero-order chi connectivity index (χ0) is 20.1. The molecule has 5 rings (SSSR count). The van der Waals surface area contributed by atoms with Crippen molar-refractivity contribution >= 4 is 16.6 Å². The molecule has 0 bridgehead atoms. The Labute approximate surface area is 174 Å². The summed E-state index contributed by atoms with van der Waals surface area (Å²) in [5, 5.41) is 5.47. The molecule has 0 aliphatic heterocycles. The van der Waals surface area contributed by atoms with E-state index in [4.69, 9.17) is 5.10 Å². The van der Waals surface area contributed by atoms with Gasteiger partial charge in [0, 0.05) is 48.0 Å². The summed E-state index contributed by atoms with van der Waals surface area (Å²) in [5.74, 6) is 0. The van der Waals surface area contributed by atoms with E-state index in [2.05, 4.69) is 9.97 Å². The Hall–Kier alpha value is -3.80. The van der Waals surface area contributed by atoms with Crippen LogP contribution in [-0.2, 0) is 7.05 Å². The molecule has 30 heavy (non-hydrogen) atoms. The van der Waals surface area contributed by atoms with Gasteiger partial charge in [-0.2, -0.15) is 5.10 Å². The maximum absolute atomic E-state index is 12.9. The molecule has 0 saturated heterocycles. The lowest BCUT2D eigenvalue weighted by atomic mass is 10.1.